The van der Waals surface area contributed by atoms with E-state index in [2.05, 4.69) is 53.5 Å². The summed E-state index contributed by atoms with van der Waals surface area (Å²) in [7, 11) is 0. The number of anilines is 1. The Morgan fingerprint density at radius 2 is 1.95 bits per heavy atom. The number of benzene rings is 3. The maximum absolute atomic E-state index is 14.1. The number of nitrogens with one attached hydrogen (secondary N) is 1. The number of aromatic amines is 1. The van der Waals surface area contributed by atoms with Crippen molar-refractivity contribution < 1.29 is 4.79 Å². The number of halogens is 1. The number of carbonyl (C=O) groups is 1. The maximum atomic E-state index is 14.1. The molecule has 0 aliphatic carbocycles. The van der Waals surface area contributed by atoms with Crippen molar-refractivity contribution in [2.45, 2.75) is 39.7 Å². The van der Waals surface area contributed by atoms with Gasteiger partial charge in [0.25, 0.3) is 0 Å². The van der Waals surface area contributed by atoms with Gasteiger partial charge in [-0.2, -0.15) is 10.1 Å². The number of aryl methyl sites for hydroxylation is 1. The number of hydrogen-bond donors (Lipinski definition) is 1. The smallest absolute Gasteiger partial charge is 0.350 e. The van der Waals surface area contributed by atoms with Gasteiger partial charge in [0.1, 0.15) is 5.82 Å². The predicted molar refractivity (Wildman–Crippen MR) is 170 cm³/mol. The lowest BCUT2D eigenvalue weighted by Crippen LogP contribution is -2.54. The van der Waals surface area contributed by atoms with Crippen LogP contribution < -0.4 is 10.6 Å². The Balaban J connectivity index is 1.65. The molecule has 1 saturated heterocycles. The molecular formula is C33H33ClN6O2. The van der Waals surface area contributed by atoms with Crippen LogP contribution in [0.25, 0.3) is 38.6 Å². The molecule has 9 heteroatoms. The Hall–Kier alpha value is -4.43. The lowest BCUT2D eigenvalue weighted by molar-refractivity contribution is -0.126. The Kier molecular flexibility index (Phi) is 7.10. The summed E-state index contributed by atoms with van der Waals surface area (Å²) in [4.78, 5) is 34.9. The first-order valence-corrected chi connectivity index (χ1v) is 14.5. The summed E-state index contributed by atoms with van der Waals surface area (Å²) in [5.41, 5.74) is 6.00. The summed E-state index contributed by atoms with van der Waals surface area (Å²) in [5.74, 6) is 0.603. The van der Waals surface area contributed by atoms with Gasteiger partial charge in [-0.3, -0.25) is 14.5 Å². The molecule has 1 amide bonds. The van der Waals surface area contributed by atoms with Crippen molar-refractivity contribution in [3.05, 3.63) is 94.0 Å². The standard InChI is InChI=1S/C33H33ClN6O2/c1-6-29(41)38-13-14-39(21(5)18-38)32-31-25(34)15-22(30-20(4)11-12-26-24(30)17-35-37-26)16-28(31)40(33(42)36-32)27-10-8-7-9-23(27)19(2)3/h6-12,15-17,19,21H,1,13-14,18H2,2-5H3,(H,35,37)/t21-/m0/s1. The molecule has 0 bridgehead atoms. The Morgan fingerprint density at radius 3 is 2.69 bits per heavy atom. The Bertz CT molecular complexity index is 1920. The monoisotopic (exact) mass is 580 g/mol. The van der Waals surface area contributed by atoms with E-state index in [1.807, 2.05) is 55.6 Å². The number of piperazine rings is 1. The van der Waals surface area contributed by atoms with Gasteiger partial charge in [0, 0.05) is 31.1 Å². The molecule has 3 aromatic carbocycles. The van der Waals surface area contributed by atoms with Crippen LogP contribution in [0.3, 0.4) is 0 Å². The zero-order valence-corrected chi connectivity index (χ0v) is 24.9. The molecule has 3 heterocycles. The fourth-order valence-electron chi connectivity index (χ4n) is 6.16. The largest absolute Gasteiger partial charge is 0.354 e. The number of para-hydroxylation sites is 1. The normalized spacial score (nSPS) is 15.6. The van der Waals surface area contributed by atoms with Crippen LogP contribution in [0.15, 0.2) is 72.2 Å². The quantitative estimate of drug-likeness (QED) is 0.249. The van der Waals surface area contributed by atoms with Gasteiger partial charge in [-0.15, -0.1) is 0 Å². The SMILES string of the molecule is C=CC(=O)N1CCN(c2nc(=O)n(-c3ccccc3C(C)C)c3cc(-c4c(C)ccc5[nH]ncc45)cc(Cl)c23)[C@@H](C)C1. The summed E-state index contributed by atoms with van der Waals surface area (Å²) in [6, 6.07) is 15.9. The van der Waals surface area contributed by atoms with Crippen molar-refractivity contribution in [3.63, 3.8) is 0 Å². The number of H-pyrrole nitrogens is 1. The summed E-state index contributed by atoms with van der Waals surface area (Å²) < 4.78 is 1.69. The van der Waals surface area contributed by atoms with Gasteiger partial charge in [-0.1, -0.05) is 56.3 Å². The van der Waals surface area contributed by atoms with E-state index in [0.717, 1.165) is 38.8 Å². The van der Waals surface area contributed by atoms with Crippen molar-refractivity contribution in [1.82, 2.24) is 24.6 Å². The van der Waals surface area contributed by atoms with Gasteiger partial charge in [0.2, 0.25) is 5.91 Å². The van der Waals surface area contributed by atoms with Crippen LogP contribution in [-0.4, -0.2) is 56.2 Å². The first-order valence-electron chi connectivity index (χ1n) is 14.2. The second-order valence-corrected chi connectivity index (χ2v) is 11.6. The van der Waals surface area contributed by atoms with E-state index in [-0.39, 0.29) is 23.6 Å². The Labute approximate surface area is 249 Å². The minimum Gasteiger partial charge on any atom is -0.350 e. The summed E-state index contributed by atoms with van der Waals surface area (Å²) in [6.07, 6.45) is 3.16. The van der Waals surface area contributed by atoms with Crippen molar-refractivity contribution in [2.75, 3.05) is 24.5 Å². The second-order valence-electron chi connectivity index (χ2n) is 11.2. The van der Waals surface area contributed by atoms with Crippen molar-refractivity contribution in [2.24, 2.45) is 0 Å². The van der Waals surface area contributed by atoms with Crippen LogP contribution in [0.4, 0.5) is 5.82 Å². The maximum Gasteiger partial charge on any atom is 0.354 e. The van der Waals surface area contributed by atoms with Crippen LogP contribution >= 0.6 is 11.6 Å². The van der Waals surface area contributed by atoms with Crippen molar-refractivity contribution in [1.29, 1.82) is 0 Å². The van der Waals surface area contributed by atoms with Crippen LogP contribution in [0.1, 0.15) is 37.8 Å². The van der Waals surface area contributed by atoms with Gasteiger partial charge in [-0.05, 0) is 72.4 Å². The van der Waals surface area contributed by atoms with E-state index in [0.29, 0.717) is 41.4 Å². The Morgan fingerprint density at radius 1 is 1.17 bits per heavy atom. The average Bonchev–Trinajstić information content (AvgIpc) is 3.45. The second kappa shape index (κ2) is 10.8. The first kappa shape index (κ1) is 27.7. The highest BCUT2D eigenvalue weighted by Gasteiger charge is 2.30. The predicted octanol–water partition coefficient (Wildman–Crippen LogP) is 6.24. The van der Waals surface area contributed by atoms with Crippen molar-refractivity contribution in [3.8, 4) is 16.8 Å². The molecule has 0 unspecified atom stereocenters. The molecule has 6 rings (SSSR count). The number of carbonyl (C=O) groups excluding carboxylic acids is 1. The van der Waals surface area contributed by atoms with Gasteiger partial charge in [0.15, 0.2) is 0 Å². The van der Waals surface area contributed by atoms with Gasteiger partial charge >= 0.3 is 5.69 Å². The van der Waals surface area contributed by atoms with E-state index >= 15 is 0 Å². The molecule has 214 valence electrons. The first-order chi connectivity index (χ1) is 20.2. The molecule has 8 nitrogen and oxygen atoms in total. The topological polar surface area (TPSA) is 87.1 Å². The lowest BCUT2D eigenvalue weighted by atomic mass is 9.95. The summed E-state index contributed by atoms with van der Waals surface area (Å²) in [5, 5.41) is 9.50. The zero-order valence-electron chi connectivity index (χ0n) is 24.2. The molecule has 42 heavy (non-hydrogen) atoms. The highest BCUT2D eigenvalue weighted by atomic mass is 35.5. The van der Waals surface area contributed by atoms with Crippen LogP contribution in [0.2, 0.25) is 5.02 Å². The fourth-order valence-corrected chi connectivity index (χ4v) is 6.46. The minimum absolute atomic E-state index is 0.0887. The number of aromatic nitrogens is 4. The summed E-state index contributed by atoms with van der Waals surface area (Å²) >= 11 is 7.19. The lowest BCUT2D eigenvalue weighted by Gasteiger charge is -2.40. The number of nitrogens with zero attached hydrogens (tertiary/aromatic N) is 5. The molecule has 0 spiro atoms. The molecule has 1 N–H and O–H groups in total. The molecule has 2 aromatic heterocycles. The minimum atomic E-state index is -0.381. The van der Waals surface area contributed by atoms with Gasteiger partial charge in [0.05, 0.1) is 33.3 Å². The molecule has 1 aliphatic heterocycles. The number of hydrogen-bond acceptors (Lipinski definition) is 5. The van der Waals surface area contributed by atoms with Gasteiger partial charge < -0.3 is 9.80 Å². The summed E-state index contributed by atoms with van der Waals surface area (Å²) in [6.45, 7) is 13.4. The van der Waals surface area contributed by atoms with Crippen LogP contribution in [0, 0.1) is 6.92 Å². The highest BCUT2D eigenvalue weighted by molar-refractivity contribution is 6.37. The van der Waals surface area contributed by atoms with E-state index in [4.69, 9.17) is 11.6 Å². The van der Waals surface area contributed by atoms with E-state index in [1.165, 1.54) is 6.08 Å². The molecule has 1 fully saturated rings. The van der Waals surface area contributed by atoms with Crippen LogP contribution in [0.5, 0.6) is 0 Å². The van der Waals surface area contributed by atoms with E-state index < -0.39 is 0 Å². The molecule has 0 saturated carbocycles. The van der Waals surface area contributed by atoms with Crippen LogP contribution in [-0.2, 0) is 4.79 Å². The fraction of sp³-hybridized carbons (Fsp3) is 0.273. The van der Waals surface area contributed by atoms with Gasteiger partial charge in [-0.25, -0.2) is 4.79 Å². The zero-order chi connectivity index (χ0) is 29.7. The molecule has 0 radical (unpaired) electrons. The van der Waals surface area contributed by atoms with Crippen molar-refractivity contribution >= 4 is 45.1 Å². The third-order valence-corrected chi connectivity index (χ3v) is 8.53. The number of amides is 1. The highest BCUT2D eigenvalue weighted by Crippen LogP contribution is 2.40. The third kappa shape index (κ3) is 4.56. The average molecular weight is 581 g/mol. The molecular weight excluding hydrogens is 548 g/mol. The third-order valence-electron chi connectivity index (χ3n) is 8.23. The molecule has 1 atom stereocenters. The molecule has 1 aliphatic rings. The molecule has 5 aromatic rings. The number of rotatable bonds is 5. The van der Waals surface area contributed by atoms with E-state index in [9.17, 15) is 9.59 Å². The van der Waals surface area contributed by atoms with E-state index in [1.54, 1.807) is 9.47 Å². The number of fused-ring (bicyclic) bond motifs is 2.